The van der Waals surface area contributed by atoms with E-state index >= 15 is 0 Å². The lowest BCUT2D eigenvalue weighted by Gasteiger charge is -2.26. The molecule has 0 spiro atoms. The number of hydrogen-bond donors (Lipinski definition) is 0. The minimum absolute atomic E-state index is 0.0638. The summed E-state index contributed by atoms with van der Waals surface area (Å²) in [5.41, 5.74) is 0.186. The normalized spacial score (nSPS) is 21.2. The van der Waals surface area contributed by atoms with Crippen molar-refractivity contribution in [2.75, 3.05) is 0 Å². The van der Waals surface area contributed by atoms with E-state index in [1.165, 1.54) is 12.1 Å². The Bertz CT molecular complexity index is 614. The minimum Gasteiger partial charge on any atom is -0.258 e. The van der Waals surface area contributed by atoms with Crippen molar-refractivity contribution >= 4 is 17.4 Å². The fourth-order valence-electron chi connectivity index (χ4n) is 1.95. The van der Waals surface area contributed by atoms with Crippen LogP contribution in [0.4, 0.5) is 5.69 Å². The van der Waals surface area contributed by atoms with Gasteiger partial charge in [-0.1, -0.05) is 56.8 Å². The number of non-ortho nitro benzene ring substituents is 1. The lowest BCUT2D eigenvalue weighted by molar-refractivity contribution is -0.384. The number of rotatable bonds is 4. The van der Waals surface area contributed by atoms with Gasteiger partial charge in [0.25, 0.3) is 5.69 Å². The minimum atomic E-state index is -0.379. The highest BCUT2D eigenvalue weighted by atomic mass is 32.2. The Kier molecular flexibility index (Phi) is 4.68. The first-order valence-corrected chi connectivity index (χ1v) is 7.73. The van der Waals surface area contributed by atoms with Crippen LogP contribution in [0.3, 0.4) is 0 Å². The molecule has 0 aromatic heterocycles. The molecule has 0 bridgehead atoms. The van der Waals surface area contributed by atoms with Crippen LogP contribution in [0.15, 0.2) is 64.4 Å². The quantitative estimate of drug-likeness (QED) is 0.555. The van der Waals surface area contributed by atoms with Crippen molar-refractivity contribution in [2.24, 2.45) is 11.3 Å². The molecule has 1 unspecified atom stereocenters. The number of allylic oxidation sites excluding steroid dienone is 5. The summed E-state index contributed by atoms with van der Waals surface area (Å²) in [7, 11) is 0. The van der Waals surface area contributed by atoms with Gasteiger partial charge in [-0.05, 0) is 24.1 Å². The molecular weight excluding hydrogens is 282 g/mol. The Labute approximate surface area is 129 Å². The maximum atomic E-state index is 10.7. The van der Waals surface area contributed by atoms with Crippen molar-refractivity contribution in [1.82, 2.24) is 0 Å². The predicted octanol–water partition coefficient (Wildman–Crippen LogP) is 5.36. The molecule has 0 fully saturated rings. The molecule has 1 aromatic carbocycles. The topological polar surface area (TPSA) is 43.1 Å². The first kappa shape index (κ1) is 15.6. The first-order chi connectivity index (χ1) is 9.90. The van der Waals surface area contributed by atoms with E-state index in [1.807, 2.05) is 0 Å². The summed E-state index contributed by atoms with van der Waals surface area (Å²) < 4.78 is 0. The van der Waals surface area contributed by atoms with Crippen LogP contribution < -0.4 is 0 Å². The second kappa shape index (κ2) is 6.31. The van der Waals surface area contributed by atoms with Gasteiger partial charge in [0.1, 0.15) is 0 Å². The molecule has 4 heteroatoms. The molecule has 0 amide bonds. The van der Waals surface area contributed by atoms with Crippen LogP contribution in [0.5, 0.6) is 0 Å². The smallest absolute Gasteiger partial charge is 0.258 e. The number of nitro benzene ring substituents is 1. The Morgan fingerprint density at radius 1 is 1.19 bits per heavy atom. The molecule has 1 aromatic rings. The van der Waals surface area contributed by atoms with Crippen molar-refractivity contribution in [3.8, 4) is 0 Å². The van der Waals surface area contributed by atoms with Gasteiger partial charge in [0.05, 0.1) is 4.92 Å². The molecule has 1 atom stereocenters. The van der Waals surface area contributed by atoms with Crippen molar-refractivity contribution < 1.29 is 4.92 Å². The van der Waals surface area contributed by atoms with Crippen LogP contribution in [-0.4, -0.2) is 4.92 Å². The summed E-state index contributed by atoms with van der Waals surface area (Å²) in [6.45, 7) is 6.64. The van der Waals surface area contributed by atoms with E-state index in [1.54, 1.807) is 23.9 Å². The monoisotopic (exact) mass is 301 g/mol. The van der Waals surface area contributed by atoms with Gasteiger partial charge in [-0.3, -0.25) is 10.1 Å². The van der Waals surface area contributed by atoms with Crippen LogP contribution in [0.25, 0.3) is 0 Å². The standard InChI is InChI=1S/C17H19NO2S/c1-13(2)17(3)11-4-5-15(10-12-17)21-16-8-6-14(7-9-16)18(19)20/h4-13H,1-3H3. The van der Waals surface area contributed by atoms with E-state index in [4.69, 9.17) is 0 Å². The number of benzene rings is 1. The Morgan fingerprint density at radius 3 is 2.43 bits per heavy atom. The van der Waals surface area contributed by atoms with Crippen LogP contribution in [0.1, 0.15) is 20.8 Å². The van der Waals surface area contributed by atoms with E-state index in [-0.39, 0.29) is 16.0 Å². The fraction of sp³-hybridized carbons (Fsp3) is 0.294. The molecule has 0 saturated carbocycles. The lowest BCUT2D eigenvalue weighted by Crippen LogP contribution is -2.17. The fourth-order valence-corrected chi connectivity index (χ4v) is 2.78. The zero-order valence-electron chi connectivity index (χ0n) is 12.4. The van der Waals surface area contributed by atoms with Gasteiger partial charge in [-0.2, -0.15) is 0 Å². The molecule has 0 aliphatic heterocycles. The third kappa shape index (κ3) is 3.85. The summed E-state index contributed by atoms with van der Waals surface area (Å²) in [4.78, 5) is 12.4. The summed E-state index contributed by atoms with van der Waals surface area (Å²) in [6, 6.07) is 6.65. The van der Waals surface area contributed by atoms with Crippen molar-refractivity contribution in [2.45, 2.75) is 25.7 Å². The average Bonchev–Trinajstić information content (AvgIpc) is 2.63. The van der Waals surface area contributed by atoms with Gasteiger partial charge in [0, 0.05) is 27.3 Å². The third-order valence-corrected chi connectivity index (χ3v) is 4.87. The van der Waals surface area contributed by atoms with E-state index in [2.05, 4.69) is 51.2 Å². The van der Waals surface area contributed by atoms with Crippen LogP contribution in [0, 0.1) is 21.4 Å². The van der Waals surface area contributed by atoms with E-state index in [0.717, 1.165) is 9.80 Å². The third-order valence-electron chi connectivity index (χ3n) is 3.85. The van der Waals surface area contributed by atoms with Gasteiger partial charge in [-0.15, -0.1) is 0 Å². The molecule has 0 saturated heterocycles. The zero-order chi connectivity index (χ0) is 15.5. The van der Waals surface area contributed by atoms with Gasteiger partial charge >= 0.3 is 0 Å². The van der Waals surface area contributed by atoms with Crippen molar-refractivity contribution in [3.05, 3.63) is 69.7 Å². The van der Waals surface area contributed by atoms with Crippen molar-refractivity contribution in [1.29, 1.82) is 0 Å². The molecule has 110 valence electrons. The summed E-state index contributed by atoms with van der Waals surface area (Å²) in [6.07, 6.45) is 10.7. The highest BCUT2D eigenvalue weighted by Gasteiger charge is 2.22. The first-order valence-electron chi connectivity index (χ1n) is 6.92. The second-order valence-electron chi connectivity index (χ2n) is 5.64. The van der Waals surface area contributed by atoms with Crippen LogP contribution in [0.2, 0.25) is 0 Å². The maximum absolute atomic E-state index is 10.7. The Hall–Kier alpha value is -1.81. The van der Waals surface area contributed by atoms with E-state index < -0.39 is 0 Å². The Balaban J connectivity index is 2.12. The molecule has 0 radical (unpaired) electrons. The highest BCUT2D eigenvalue weighted by molar-refractivity contribution is 8.03. The number of thioether (sulfide) groups is 1. The predicted molar refractivity (Wildman–Crippen MR) is 88.3 cm³/mol. The van der Waals surface area contributed by atoms with Gasteiger partial charge in [0.15, 0.2) is 0 Å². The molecule has 1 aliphatic rings. The molecule has 1 aliphatic carbocycles. The molecule has 3 nitrogen and oxygen atoms in total. The molecule has 2 rings (SSSR count). The number of hydrogen-bond acceptors (Lipinski definition) is 3. The van der Waals surface area contributed by atoms with Crippen molar-refractivity contribution in [3.63, 3.8) is 0 Å². The summed E-state index contributed by atoms with van der Waals surface area (Å²) in [5, 5.41) is 10.7. The van der Waals surface area contributed by atoms with Crippen LogP contribution in [-0.2, 0) is 0 Å². The van der Waals surface area contributed by atoms with E-state index in [0.29, 0.717) is 5.92 Å². The largest absolute Gasteiger partial charge is 0.269 e. The second-order valence-corrected chi connectivity index (χ2v) is 6.78. The van der Waals surface area contributed by atoms with Gasteiger partial charge in [0.2, 0.25) is 0 Å². The molecule has 21 heavy (non-hydrogen) atoms. The number of nitro groups is 1. The molecule has 0 N–H and O–H groups in total. The summed E-state index contributed by atoms with van der Waals surface area (Å²) in [5.74, 6) is 0.530. The average molecular weight is 301 g/mol. The SMILES string of the molecule is CC(C)C1(C)C=CC=C(Sc2ccc([N+](=O)[O-])cc2)C=C1. The Morgan fingerprint density at radius 2 is 1.86 bits per heavy atom. The van der Waals surface area contributed by atoms with Gasteiger partial charge in [-0.25, -0.2) is 0 Å². The maximum Gasteiger partial charge on any atom is 0.269 e. The zero-order valence-corrected chi connectivity index (χ0v) is 13.3. The molecular formula is C17H19NO2S. The van der Waals surface area contributed by atoms with Crippen LogP contribution >= 0.6 is 11.8 Å². The van der Waals surface area contributed by atoms with Gasteiger partial charge < -0.3 is 0 Å². The molecule has 0 heterocycles. The lowest BCUT2D eigenvalue weighted by atomic mass is 9.79. The summed E-state index contributed by atoms with van der Waals surface area (Å²) >= 11 is 1.61. The highest BCUT2D eigenvalue weighted by Crippen LogP contribution is 2.36. The van der Waals surface area contributed by atoms with E-state index in [9.17, 15) is 10.1 Å². The number of nitrogens with zero attached hydrogens (tertiary/aromatic N) is 1.